The smallest absolute Gasteiger partial charge is 0.308 e. The van der Waals surface area contributed by atoms with Gasteiger partial charge in [0.25, 0.3) is 0 Å². The predicted octanol–water partition coefficient (Wildman–Crippen LogP) is 3.88. The van der Waals surface area contributed by atoms with Crippen LogP contribution in [0.1, 0.15) is 24.3 Å². The number of carbonyl (C=O) groups is 1. The molecule has 1 aliphatic heterocycles. The van der Waals surface area contributed by atoms with Gasteiger partial charge in [0.05, 0.1) is 19.3 Å². The van der Waals surface area contributed by atoms with Gasteiger partial charge in [0, 0.05) is 12.5 Å². The highest BCUT2D eigenvalue weighted by Gasteiger charge is 2.28. The minimum absolute atomic E-state index is 0.183. The molecule has 2 aromatic rings. The number of ether oxygens (including phenoxy) is 4. The Kier molecular flexibility index (Phi) is 4.41. The van der Waals surface area contributed by atoms with E-state index in [0.29, 0.717) is 17.9 Å². The van der Waals surface area contributed by atoms with Crippen LogP contribution in [0.5, 0.6) is 17.2 Å². The number of fused-ring (bicyclic) bond motifs is 1. The van der Waals surface area contributed by atoms with Crippen LogP contribution >= 0.6 is 11.6 Å². The molecule has 1 heterocycles. The van der Waals surface area contributed by atoms with Crippen molar-refractivity contribution >= 4 is 17.6 Å². The van der Waals surface area contributed by atoms with Gasteiger partial charge < -0.3 is 18.9 Å². The van der Waals surface area contributed by atoms with Gasteiger partial charge in [0.2, 0.25) is 6.29 Å². The molecule has 0 saturated carbocycles. The van der Waals surface area contributed by atoms with E-state index in [1.807, 2.05) is 24.3 Å². The molecule has 5 nitrogen and oxygen atoms in total. The van der Waals surface area contributed by atoms with E-state index in [0.717, 1.165) is 11.3 Å². The van der Waals surface area contributed by atoms with Crippen molar-refractivity contribution in [2.45, 2.75) is 19.8 Å². The van der Waals surface area contributed by atoms with Crippen molar-refractivity contribution in [1.82, 2.24) is 0 Å². The Labute approximate surface area is 138 Å². The Balaban J connectivity index is 1.99. The van der Waals surface area contributed by atoms with E-state index >= 15 is 0 Å². The highest BCUT2D eigenvalue weighted by molar-refractivity contribution is 6.33. The molecule has 2 aromatic carbocycles. The molecule has 0 saturated heterocycles. The Morgan fingerprint density at radius 2 is 2.04 bits per heavy atom. The first-order valence-electron chi connectivity index (χ1n) is 7.01. The third-order valence-corrected chi connectivity index (χ3v) is 3.77. The van der Waals surface area contributed by atoms with Crippen LogP contribution in [0.2, 0.25) is 5.02 Å². The predicted molar refractivity (Wildman–Crippen MR) is 83.9 cm³/mol. The molecule has 3 rings (SSSR count). The molecule has 0 bridgehead atoms. The minimum Gasteiger partial charge on any atom is -0.495 e. The number of carbonyl (C=O) groups excluding carboxylic acids is 1. The van der Waals surface area contributed by atoms with Crippen molar-refractivity contribution in [1.29, 1.82) is 0 Å². The lowest BCUT2D eigenvalue weighted by Crippen LogP contribution is -2.19. The van der Waals surface area contributed by atoms with Crippen LogP contribution in [-0.4, -0.2) is 13.1 Å². The summed E-state index contributed by atoms with van der Waals surface area (Å²) in [6, 6.07) is 11.0. The fourth-order valence-electron chi connectivity index (χ4n) is 2.35. The van der Waals surface area contributed by atoms with Crippen molar-refractivity contribution in [3.05, 3.63) is 52.5 Å². The Morgan fingerprint density at radius 1 is 1.26 bits per heavy atom. The lowest BCUT2D eigenvalue weighted by Gasteiger charge is -2.28. The van der Waals surface area contributed by atoms with E-state index in [1.54, 1.807) is 12.1 Å². The number of hydrogen-bond acceptors (Lipinski definition) is 5. The van der Waals surface area contributed by atoms with Gasteiger partial charge >= 0.3 is 5.97 Å². The van der Waals surface area contributed by atoms with Crippen LogP contribution in [0, 0.1) is 0 Å². The highest BCUT2D eigenvalue weighted by atomic mass is 35.5. The van der Waals surface area contributed by atoms with E-state index in [1.165, 1.54) is 14.0 Å². The molecule has 0 spiro atoms. The number of esters is 1. The quantitative estimate of drug-likeness (QED) is 0.629. The van der Waals surface area contributed by atoms with Crippen LogP contribution < -0.4 is 14.2 Å². The lowest BCUT2D eigenvalue weighted by molar-refractivity contribution is -0.133. The fourth-order valence-corrected chi connectivity index (χ4v) is 2.64. The molecule has 6 heteroatoms. The monoisotopic (exact) mass is 334 g/mol. The van der Waals surface area contributed by atoms with Crippen molar-refractivity contribution in [3.8, 4) is 17.2 Å². The summed E-state index contributed by atoms with van der Waals surface area (Å²) in [6.45, 7) is 1.70. The van der Waals surface area contributed by atoms with Gasteiger partial charge in [-0.1, -0.05) is 29.8 Å². The van der Waals surface area contributed by atoms with Crippen molar-refractivity contribution in [3.63, 3.8) is 0 Å². The molecule has 1 atom stereocenters. The first kappa shape index (κ1) is 15.6. The summed E-state index contributed by atoms with van der Waals surface area (Å²) in [5.41, 5.74) is 1.48. The summed E-state index contributed by atoms with van der Waals surface area (Å²) in [7, 11) is 1.49. The first-order chi connectivity index (χ1) is 11.1. The number of hydrogen-bond donors (Lipinski definition) is 0. The average molecular weight is 335 g/mol. The molecular weight excluding hydrogens is 320 g/mol. The summed E-state index contributed by atoms with van der Waals surface area (Å²) in [5, 5.41) is 0.200. The number of rotatable bonds is 3. The van der Waals surface area contributed by atoms with Crippen molar-refractivity contribution in [2.24, 2.45) is 0 Å². The molecular formula is C17H15ClO5. The van der Waals surface area contributed by atoms with Gasteiger partial charge in [-0.2, -0.15) is 0 Å². The molecule has 23 heavy (non-hydrogen) atoms. The second-order valence-corrected chi connectivity index (χ2v) is 5.34. The molecule has 0 aromatic heterocycles. The standard InChI is InChI=1S/C17H15ClO5/c1-10(19)22-16-12(7-8-14(20-2)15(16)18)17-21-9-11-5-3-4-6-13(11)23-17/h3-8,17H,9H2,1-2H3. The van der Waals surface area contributed by atoms with Gasteiger partial charge in [-0.3, -0.25) is 4.79 Å². The zero-order valence-corrected chi connectivity index (χ0v) is 13.4. The Morgan fingerprint density at radius 3 is 2.78 bits per heavy atom. The van der Waals surface area contributed by atoms with E-state index in [9.17, 15) is 4.79 Å². The summed E-state index contributed by atoms with van der Waals surface area (Å²) >= 11 is 6.26. The number of methoxy groups -OCH3 is 1. The maximum Gasteiger partial charge on any atom is 0.308 e. The van der Waals surface area contributed by atoms with Gasteiger partial charge in [-0.15, -0.1) is 0 Å². The van der Waals surface area contributed by atoms with Crippen molar-refractivity contribution < 1.29 is 23.7 Å². The minimum atomic E-state index is -0.720. The maximum atomic E-state index is 11.4. The lowest BCUT2D eigenvalue weighted by atomic mass is 10.1. The maximum absolute atomic E-state index is 11.4. The van der Waals surface area contributed by atoms with Crippen LogP contribution in [0.4, 0.5) is 0 Å². The number of para-hydroxylation sites is 1. The molecule has 0 radical (unpaired) electrons. The molecule has 1 unspecified atom stereocenters. The molecule has 0 fully saturated rings. The molecule has 0 aliphatic carbocycles. The van der Waals surface area contributed by atoms with E-state index in [4.69, 9.17) is 30.5 Å². The summed E-state index contributed by atoms with van der Waals surface area (Å²) < 4.78 is 22.0. The van der Waals surface area contributed by atoms with Gasteiger partial charge in [0.15, 0.2) is 5.75 Å². The van der Waals surface area contributed by atoms with Gasteiger partial charge in [0.1, 0.15) is 16.5 Å². The summed E-state index contributed by atoms with van der Waals surface area (Å²) in [4.78, 5) is 11.4. The van der Waals surface area contributed by atoms with Gasteiger partial charge in [-0.05, 0) is 18.2 Å². The van der Waals surface area contributed by atoms with E-state index in [-0.39, 0.29) is 10.8 Å². The second-order valence-electron chi connectivity index (χ2n) is 4.96. The summed E-state index contributed by atoms with van der Waals surface area (Å²) in [5.74, 6) is 0.827. The number of benzene rings is 2. The van der Waals surface area contributed by atoms with Crippen LogP contribution in [0.25, 0.3) is 0 Å². The zero-order valence-electron chi connectivity index (χ0n) is 12.7. The Hall–Kier alpha value is -2.24. The van der Waals surface area contributed by atoms with Crippen LogP contribution in [-0.2, 0) is 16.1 Å². The third kappa shape index (κ3) is 3.11. The molecule has 0 amide bonds. The fraction of sp³-hybridized carbons (Fsp3) is 0.235. The second kappa shape index (κ2) is 6.48. The van der Waals surface area contributed by atoms with Crippen LogP contribution in [0.3, 0.4) is 0 Å². The normalized spacial score (nSPS) is 16.2. The Bertz CT molecular complexity index is 744. The summed E-state index contributed by atoms with van der Waals surface area (Å²) in [6.07, 6.45) is -0.720. The molecule has 1 aliphatic rings. The zero-order chi connectivity index (χ0) is 16.4. The molecule has 120 valence electrons. The first-order valence-corrected chi connectivity index (χ1v) is 7.39. The van der Waals surface area contributed by atoms with Crippen molar-refractivity contribution in [2.75, 3.05) is 7.11 Å². The largest absolute Gasteiger partial charge is 0.495 e. The van der Waals surface area contributed by atoms with E-state index < -0.39 is 12.3 Å². The SMILES string of the molecule is COc1ccc(C2OCc3ccccc3O2)c(OC(C)=O)c1Cl. The topological polar surface area (TPSA) is 54.0 Å². The number of halogens is 1. The van der Waals surface area contributed by atoms with Crippen LogP contribution in [0.15, 0.2) is 36.4 Å². The average Bonchev–Trinajstić information content (AvgIpc) is 2.56. The third-order valence-electron chi connectivity index (χ3n) is 3.41. The van der Waals surface area contributed by atoms with E-state index in [2.05, 4.69) is 0 Å². The molecule has 0 N–H and O–H groups in total. The highest BCUT2D eigenvalue weighted by Crippen LogP contribution is 2.43. The van der Waals surface area contributed by atoms with Gasteiger partial charge in [-0.25, -0.2) is 0 Å².